The number of amides is 2. The Hall–Kier alpha value is -1.96. The van der Waals surface area contributed by atoms with Gasteiger partial charge in [0.15, 0.2) is 9.84 Å². The third-order valence-corrected chi connectivity index (χ3v) is 5.84. The van der Waals surface area contributed by atoms with Crippen LogP contribution in [-0.2, 0) is 26.0 Å². The summed E-state index contributed by atoms with van der Waals surface area (Å²) in [5.74, 6) is -1.40. The van der Waals surface area contributed by atoms with Crippen LogP contribution in [0.1, 0.15) is 25.8 Å². The Morgan fingerprint density at radius 3 is 2.38 bits per heavy atom. The van der Waals surface area contributed by atoms with Crippen LogP contribution in [0.5, 0.6) is 0 Å². The van der Waals surface area contributed by atoms with Crippen molar-refractivity contribution in [2.24, 2.45) is 5.41 Å². The molecule has 1 aromatic rings. The lowest BCUT2D eigenvalue weighted by molar-refractivity contribution is -0.141. The number of carbonyl (C=O) groups excluding carboxylic acids is 2. The highest BCUT2D eigenvalue weighted by Gasteiger charge is 2.38. The number of benzene rings is 1. The molecule has 1 aliphatic heterocycles. The number of halogens is 1. The van der Waals surface area contributed by atoms with E-state index in [1.807, 2.05) is 0 Å². The van der Waals surface area contributed by atoms with Crippen LogP contribution in [-0.4, -0.2) is 37.8 Å². The molecule has 0 aromatic heterocycles. The van der Waals surface area contributed by atoms with E-state index >= 15 is 0 Å². The van der Waals surface area contributed by atoms with Crippen LogP contribution in [0, 0.1) is 11.2 Å². The van der Waals surface area contributed by atoms with Crippen molar-refractivity contribution in [2.75, 3.05) is 11.5 Å². The zero-order valence-electron chi connectivity index (χ0n) is 13.6. The summed E-state index contributed by atoms with van der Waals surface area (Å²) in [6.07, 6.45) is 0.362. The first-order chi connectivity index (χ1) is 11.1. The summed E-state index contributed by atoms with van der Waals surface area (Å²) in [4.78, 5) is 24.6. The van der Waals surface area contributed by atoms with Gasteiger partial charge in [-0.2, -0.15) is 0 Å². The highest BCUT2D eigenvalue weighted by molar-refractivity contribution is 7.91. The van der Waals surface area contributed by atoms with Crippen LogP contribution >= 0.6 is 0 Å². The number of hydrogen-bond acceptors (Lipinski definition) is 4. The van der Waals surface area contributed by atoms with Crippen LogP contribution in [0.15, 0.2) is 24.3 Å². The molecule has 1 unspecified atom stereocenters. The van der Waals surface area contributed by atoms with E-state index in [0.717, 1.165) is 0 Å². The first kappa shape index (κ1) is 18.4. The topological polar surface area (TPSA) is 92.3 Å². The Morgan fingerprint density at radius 2 is 1.83 bits per heavy atom. The minimum absolute atomic E-state index is 0.0507. The molecule has 0 saturated carbocycles. The summed E-state index contributed by atoms with van der Waals surface area (Å²) >= 11 is 0. The van der Waals surface area contributed by atoms with Crippen LogP contribution in [0.3, 0.4) is 0 Å². The van der Waals surface area contributed by atoms with Gasteiger partial charge in [-0.05, 0) is 38.0 Å². The van der Waals surface area contributed by atoms with Crippen molar-refractivity contribution in [2.45, 2.75) is 32.9 Å². The number of sulfone groups is 1. The van der Waals surface area contributed by atoms with Crippen LogP contribution in [0.25, 0.3) is 0 Å². The lowest BCUT2D eigenvalue weighted by Crippen LogP contribution is -2.50. The van der Waals surface area contributed by atoms with Gasteiger partial charge in [0.2, 0.25) is 11.8 Å². The van der Waals surface area contributed by atoms with E-state index in [9.17, 15) is 22.4 Å². The molecule has 1 fully saturated rings. The zero-order chi connectivity index (χ0) is 18.0. The fourth-order valence-corrected chi connectivity index (χ4v) is 4.06. The summed E-state index contributed by atoms with van der Waals surface area (Å²) in [5.41, 5.74) is -0.630. The van der Waals surface area contributed by atoms with Gasteiger partial charge in [0, 0.05) is 12.6 Å². The van der Waals surface area contributed by atoms with Crippen molar-refractivity contribution >= 4 is 21.7 Å². The Kier molecular flexibility index (Phi) is 5.27. The quantitative estimate of drug-likeness (QED) is 0.763. The van der Waals surface area contributed by atoms with Crippen molar-refractivity contribution in [1.82, 2.24) is 10.6 Å². The van der Waals surface area contributed by atoms with Gasteiger partial charge < -0.3 is 10.6 Å². The second-order valence-electron chi connectivity index (χ2n) is 6.51. The molecule has 0 bridgehead atoms. The molecular formula is C16H21FN2O4S. The Balaban J connectivity index is 1.91. The van der Waals surface area contributed by atoms with E-state index in [4.69, 9.17) is 0 Å². The maximum Gasteiger partial charge on any atom is 0.235 e. The second-order valence-corrected chi connectivity index (χ2v) is 8.74. The molecule has 1 aromatic carbocycles. The molecule has 1 saturated heterocycles. The normalized spacial score (nSPS) is 19.7. The molecule has 6 nitrogen and oxygen atoms in total. The standard InChI is InChI=1S/C16H21FN2O4S/c1-16(2,15(21)19-13-7-8-24(22,23)10-13)14(20)18-9-11-3-5-12(17)6-4-11/h3-6,13H,7-10H2,1-2H3,(H,18,20)(H,19,21). The summed E-state index contributed by atoms with van der Waals surface area (Å²) in [7, 11) is -3.10. The fourth-order valence-electron chi connectivity index (χ4n) is 2.38. The molecule has 2 rings (SSSR count). The molecule has 24 heavy (non-hydrogen) atoms. The van der Waals surface area contributed by atoms with Crippen molar-refractivity contribution in [3.05, 3.63) is 35.6 Å². The predicted molar refractivity (Wildman–Crippen MR) is 87.2 cm³/mol. The summed E-state index contributed by atoms with van der Waals surface area (Å²) < 4.78 is 35.7. The molecule has 0 radical (unpaired) electrons. The van der Waals surface area contributed by atoms with Gasteiger partial charge in [-0.15, -0.1) is 0 Å². The van der Waals surface area contributed by atoms with E-state index in [1.54, 1.807) is 12.1 Å². The second kappa shape index (κ2) is 6.88. The van der Waals surface area contributed by atoms with Gasteiger partial charge in [0.25, 0.3) is 0 Å². The Bertz CT molecular complexity index is 729. The number of rotatable bonds is 5. The third-order valence-electron chi connectivity index (χ3n) is 4.07. The van der Waals surface area contributed by atoms with Gasteiger partial charge in [-0.1, -0.05) is 12.1 Å². The third kappa shape index (κ3) is 4.53. The van der Waals surface area contributed by atoms with E-state index in [1.165, 1.54) is 26.0 Å². The molecule has 1 aliphatic rings. The number of carbonyl (C=O) groups is 2. The van der Waals surface area contributed by atoms with Crippen LogP contribution in [0.4, 0.5) is 4.39 Å². The lowest BCUT2D eigenvalue weighted by Gasteiger charge is -2.24. The summed E-state index contributed by atoms with van der Waals surface area (Å²) in [6, 6.07) is 5.23. The van der Waals surface area contributed by atoms with E-state index < -0.39 is 33.1 Å². The maximum atomic E-state index is 12.8. The molecule has 132 valence electrons. The number of nitrogens with one attached hydrogen (secondary N) is 2. The minimum atomic E-state index is -3.10. The van der Waals surface area contributed by atoms with Crippen molar-refractivity contribution in [3.63, 3.8) is 0 Å². The largest absolute Gasteiger partial charge is 0.351 e. The predicted octanol–water partition coefficient (Wildman–Crippen LogP) is 0.771. The molecular weight excluding hydrogens is 335 g/mol. The SMILES string of the molecule is CC(C)(C(=O)NCc1ccc(F)cc1)C(=O)NC1CCS(=O)(=O)C1. The van der Waals surface area contributed by atoms with Gasteiger partial charge in [0.05, 0.1) is 11.5 Å². The Labute approximate surface area is 140 Å². The molecule has 0 spiro atoms. The molecule has 1 heterocycles. The molecule has 1 atom stereocenters. The minimum Gasteiger partial charge on any atom is -0.351 e. The monoisotopic (exact) mass is 356 g/mol. The van der Waals surface area contributed by atoms with Crippen LogP contribution < -0.4 is 10.6 Å². The van der Waals surface area contributed by atoms with E-state index in [2.05, 4.69) is 10.6 Å². The highest BCUT2D eigenvalue weighted by Crippen LogP contribution is 2.19. The smallest absolute Gasteiger partial charge is 0.235 e. The Morgan fingerprint density at radius 1 is 1.21 bits per heavy atom. The fraction of sp³-hybridized carbons (Fsp3) is 0.500. The first-order valence-electron chi connectivity index (χ1n) is 7.64. The molecule has 8 heteroatoms. The summed E-state index contributed by atoms with van der Waals surface area (Å²) in [5, 5.41) is 5.27. The van der Waals surface area contributed by atoms with Crippen LogP contribution in [0.2, 0.25) is 0 Å². The van der Waals surface area contributed by atoms with Crippen molar-refractivity contribution < 1.29 is 22.4 Å². The molecule has 2 amide bonds. The van der Waals surface area contributed by atoms with Crippen molar-refractivity contribution in [1.29, 1.82) is 0 Å². The summed E-state index contributed by atoms with van der Waals surface area (Å²) in [6.45, 7) is 3.13. The number of hydrogen-bond donors (Lipinski definition) is 2. The molecule has 2 N–H and O–H groups in total. The lowest BCUT2D eigenvalue weighted by atomic mass is 9.90. The zero-order valence-corrected chi connectivity index (χ0v) is 14.5. The van der Waals surface area contributed by atoms with Gasteiger partial charge in [-0.25, -0.2) is 12.8 Å². The highest BCUT2D eigenvalue weighted by atomic mass is 32.2. The van der Waals surface area contributed by atoms with Gasteiger partial charge in [0.1, 0.15) is 11.2 Å². The first-order valence-corrected chi connectivity index (χ1v) is 9.46. The van der Waals surface area contributed by atoms with E-state index in [0.29, 0.717) is 12.0 Å². The van der Waals surface area contributed by atoms with Crippen molar-refractivity contribution in [3.8, 4) is 0 Å². The average Bonchev–Trinajstić information content (AvgIpc) is 2.85. The average molecular weight is 356 g/mol. The maximum absolute atomic E-state index is 12.8. The van der Waals surface area contributed by atoms with Gasteiger partial charge in [-0.3, -0.25) is 9.59 Å². The van der Waals surface area contributed by atoms with E-state index in [-0.39, 0.29) is 23.9 Å². The van der Waals surface area contributed by atoms with Gasteiger partial charge >= 0.3 is 0 Å². The molecule has 0 aliphatic carbocycles.